The van der Waals surface area contributed by atoms with Gasteiger partial charge in [-0.1, -0.05) is 24.3 Å². The molecule has 0 bridgehead atoms. The molecule has 0 saturated heterocycles. The maximum Gasteiger partial charge on any atom is 0.319 e. The van der Waals surface area contributed by atoms with Crippen LogP contribution in [0.2, 0.25) is 0 Å². The quantitative estimate of drug-likeness (QED) is 0.364. The van der Waals surface area contributed by atoms with Crippen molar-refractivity contribution in [2.24, 2.45) is 0 Å². The van der Waals surface area contributed by atoms with Gasteiger partial charge in [-0.2, -0.15) is 0 Å². The molecule has 0 spiro atoms. The Morgan fingerprint density at radius 1 is 1.10 bits per heavy atom. The fraction of sp³-hybridized carbons (Fsp3) is 0.450. The molecule has 1 fully saturated rings. The van der Waals surface area contributed by atoms with E-state index in [9.17, 15) is 13.2 Å². The van der Waals surface area contributed by atoms with Crippen molar-refractivity contribution in [3.05, 3.63) is 52.8 Å². The highest BCUT2D eigenvalue weighted by Crippen LogP contribution is 2.41. The fourth-order valence-electron chi connectivity index (χ4n) is 3.23. The first kappa shape index (κ1) is 21.4. The van der Waals surface area contributed by atoms with Gasteiger partial charge in [0.15, 0.2) is 6.29 Å². The average molecular weight is 420 g/mol. The van der Waals surface area contributed by atoms with Gasteiger partial charge in [0.2, 0.25) is 15.0 Å². The zero-order valence-corrected chi connectivity index (χ0v) is 17.6. The Labute approximate surface area is 170 Å². The first-order chi connectivity index (χ1) is 13.8. The molecule has 3 rings (SSSR count). The smallest absolute Gasteiger partial charge is 0.319 e. The molecule has 0 radical (unpaired) electrons. The van der Waals surface area contributed by atoms with Gasteiger partial charge in [0.1, 0.15) is 5.92 Å². The van der Waals surface area contributed by atoms with Crippen molar-refractivity contribution in [1.29, 1.82) is 0 Å². The van der Waals surface area contributed by atoms with Crippen LogP contribution in [-0.4, -0.2) is 51.9 Å². The number of esters is 1. The third-order valence-corrected chi connectivity index (χ3v) is 5.73. The van der Waals surface area contributed by atoms with E-state index in [1.807, 2.05) is 24.3 Å². The SMILES string of the molecule is COC(=O)C(c1ccc(C2CC2)cc1)c1nc(S(C)(=O)=O)ncc1C(OC)OC. The summed E-state index contributed by atoms with van der Waals surface area (Å²) in [6.07, 6.45) is 3.77. The Morgan fingerprint density at radius 2 is 1.72 bits per heavy atom. The molecule has 1 saturated carbocycles. The Kier molecular flexibility index (Phi) is 6.30. The number of aromatic nitrogens is 2. The van der Waals surface area contributed by atoms with Gasteiger partial charge in [0.05, 0.1) is 12.8 Å². The monoisotopic (exact) mass is 420 g/mol. The Morgan fingerprint density at radius 3 is 2.21 bits per heavy atom. The lowest BCUT2D eigenvalue weighted by atomic mass is 9.91. The number of benzene rings is 1. The van der Waals surface area contributed by atoms with Gasteiger partial charge in [-0.3, -0.25) is 4.79 Å². The van der Waals surface area contributed by atoms with E-state index in [2.05, 4.69) is 9.97 Å². The third kappa shape index (κ3) is 4.63. The maximum atomic E-state index is 12.7. The average Bonchev–Trinajstić information content (AvgIpc) is 3.55. The summed E-state index contributed by atoms with van der Waals surface area (Å²) >= 11 is 0. The normalized spacial score (nSPS) is 15.3. The van der Waals surface area contributed by atoms with Crippen LogP contribution in [0, 0.1) is 0 Å². The molecule has 0 N–H and O–H groups in total. The summed E-state index contributed by atoms with van der Waals surface area (Å²) in [5, 5.41) is -0.384. The Hall–Kier alpha value is -2.36. The van der Waals surface area contributed by atoms with Gasteiger partial charge in [0.25, 0.3) is 0 Å². The van der Waals surface area contributed by atoms with Gasteiger partial charge in [-0.25, -0.2) is 18.4 Å². The summed E-state index contributed by atoms with van der Waals surface area (Å²) in [6.45, 7) is 0. The zero-order chi connectivity index (χ0) is 21.2. The number of hydrogen-bond donors (Lipinski definition) is 0. The predicted octanol–water partition coefficient (Wildman–Crippen LogP) is 2.35. The van der Waals surface area contributed by atoms with Crippen LogP contribution in [0.25, 0.3) is 0 Å². The second-order valence-electron chi connectivity index (χ2n) is 6.97. The zero-order valence-electron chi connectivity index (χ0n) is 16.8. The van der Waals surface area contributed by atoms with Crippen molar-refractivity contribution < 1.29 is 27.4 Å². The Bertz CT molecular complexity index is 983. The van der Waals surface area contributed by atoms with E-state index in [4.69, 9.17) is 14.2 Å². The van der Waals surface area contributed by atoms with Crippen LogP contribution < -0.4 is 0 Å². The first-order valence-corrected chi connectivity index (χ1v) is 11.0. The lowest BCUT2D eigenvalue weighted by Crippen LogP contribution is -2.22. The van der Waals surface area contributed by atoms with Crippen LogP contribution in [-0.2, 0) is 28.8 Å². The minimum atomic E-state index is -3.70. The topological polar surface area (TPSA) is 105 Å². The van der Waals surface area contributed by atoms with E-state index >= 15 is 0 Å². The van der Waals surface area contributed by atoms with Crippen molar-refractivity contribution >= 4 is 15.8 Å². The van der Waals surface area contributed by atoms with Crippen LogP contribution in [0.5, 0.6) is 0 Å². The lowest BCUT2D eigenvalue weighted by Gasteiger charge is -2.22. The number of methoxy groups -OCH3 is 3. The molecule has 2 aromatic rings. The minimum Gasteiger partial charge on any atom is -0.468 e. The van der Waals surface area contributed by atoms with Gasteiger partial charge >= 0.3 is 5.97 Å². The van der Waals surface area contributed by atoms with E-state index in [0.717, 1.165) is 19.1 Å². The highest BCUT2D eigenvalue weighted by Gasteiger charge is 2.33. The molecule has 1 aliphatic rings. The van der Waals surface area contributed by atoms with Crippen molar-refractivity contribution in [1.82, 2.24) is 9.97 Å². The van der Waals surface area contributed by atoms with Crippen molar-refractivity contribution in [3.8, 4) is 0 Å². The van der Waals surface area contributed by atoms with E-state index in [0.29, 0.717) is 17.0 Å². The van der Waals surface area contributed by atoms with Crippen LogP contribution in [0.15, 0.2) is 35.6 Å². The molecule has 0 aliphatic heterocycles. The summed E-state index contributed by atoms with van der Waals surface area (Å²) in [4.78, 5) is 20.9. The molecule has 1 aliphatic carbocycles. The van der Waals surface area contributed by atoms with Crippen LogP contribution in [0.3, 0.4) is 0 Å². The maximum absolute atomic E-state index is 12.7. The van der Waals surface area contributed by atoms with Gasteiger partial charge in [-0.15, -0.1) is 0 Å². The van der Waals surface area contributed by atoms with Crippen molar-refractivity contribution in [3.63, 3.8) is 0 Å². The third-order valence-electron chi connectivity index (χ3n) is 4.87. The van der Waals surface area contributed by atoms with Gasteiger partial charge in [-0.05, 0) is 29.9 Å². The van der Waals surface area contributed by atoms with E-state index < -0.39 is 28.0 Å². The highest BCUT2D eigenvalue weighted by molar-refractivity contribution is 7.90. The molecule has 1 aromatic heterocycles. The summed E-state index contributed by atoms with van der Waals surface area (Å²) in [5.41, 5.74) is 2.36. The Balaban J connectivity index is 2.17. The molecule has 8 nitrogen and oxygen atoms in total. The van der Waals surface area contributed by atoms with Crippen LogP contribution in [0.1, 0.15) is 53.4 Å². The molecule has 156 valence electrons. The largest absolute Gasteiger partial charge is 0.468 e. The van der Waals surface area contributed by atoms with Crippen LogP contribution >= 0.6 is 0 Å². The molecule has 1 atom stereocenters. The second kappa shape index (κ2) is 8.56. The standard InChI is InChI=1S/C20H24N2O6S/c1-26-18(23)16(14-9-7-13(8-10-14)12-5-6-12)17-15(19(27-2)28-3)11-21-20(22-17)29(4,24)25/h7-12,16,19H,5-6H2,1-4H3. The summed E-state index contributed by atoms with van der Waals surface area (Å²) in [6, 6.07) is 7.64. The number of hydrogen-bond acceptors (Lipinski definition) is 8. The molecular formula is C20H24N2O6S. The van der Waals surface area contributed by atoms with Gasteiger partial charge < -0.3 is 14.2 Å². The fourth-order valence-corrected chi connectivity index (χ4v) is 3.74. The number of carbonyl (C=O) groups is 1. The van der Waals surface area contributed by atoms with E-state index in [-0.39, 0.29) is 10.9 Å². The molecular weight excluding hydrogens is 396 g/mol. The van der Waals surface area contributed by atoms with Crippen molar-refractivity contribution in [2.45, 2.75) is 36.1 Å². The predicted molar refractivity (Wildman–Crippen MR) is 104 cm³/mol. The first-order valence-electron chi connectivity index (χ1n) is 9.10. The number of carbonyl (C=O) groups excluding carboxylic acids is 1. The molecule has 0 amide bonds. The summed E-state index contributed by atoms with van der Waals surface area (Å²) in [7, 11) is 0.440. The number of nitrogens with zero attached hydrogens (tertiary/aromatic N) is 2. The summed E-state index contributed by atoms with van der Waals surface area (Å²) in [5.74, 6) is -0.965. The van der Waals surface area contributed by atoms with Crippen LogP contribution in [0.4, 0.5) is 0 Å². The number of rotatable bonds is 8. The minimum absolute atomic E-state index is 0.167. The number of ether oxygens (including phenoxy) is 3. The molecule has 1 heterocycles. The van der Waals surface area contributed by atoms with E-state index in [1.165, 1.54) is 33.1 Å². The van der Waals surface area contributed by atoms with Crippen molar-refractivity contribution in [2.75, 3.05) is 27.6 Å². The lowest BCUT2D eigenvalue weighted by molar-refractivity contribution is -0.141. The van der Waals surface area contributed by atoms with E-state index in [1.54, 1.807) is 0 Å². The molecule has 9 heteroatoms. The molecule has 1 aromatic carbocycles. The summed E-state index contributed by atoms with van der Waals surface area (Å²) < 4.78 is 39.7. The van der Waals surface area contributed by atoms with Gasteiger partial charge in [0, 0.05) is 32.2 Å². The molecule has 1 unspecified atom stereocenters. The second-order valence-corrected chi connectivity index (χ2v) is 8.88. The molecule has 29 heavy (non-hydrogen) atoms. The number of sulfone groups is 1. The highest BCUT2D eigenvalue weighted by atomic mass is 32.2.